The van der Waals surface area contributed by atoms with Crippen LogP contribution in [0, 0.1) is 0 Å². The van der Waals surface area contributed by atoms with Gasteiger partial charge >= 0.3 is 0 Å². The molecule has 18 heavy (non-hydrogen) atoms. The summed E-state index contributed by atoms with van der Waals surface area (Å²) in [7, 11) is 0. The highest BCUT2D eigenvalue weighted by Gasteiger charge is 2.32. The molecule has 0 aliphatic carbocycles. The molecule has 0 radical (unpaired) electrons. The van der Waals surface area contributed by atoms with Crippen LogP contribution in [0.4, 0.5) is 5.82 Å². The number of nitrogen functional groups attached to an aromatic ring is 1. The van der Waals surface area contributed by atoms with E-state index in [-0.39, 0.29) is 11.6 Å². The molecule has 0 saturated carbocycles. The molecule has 1 heterocycles. The van der Waals surface area contributed by atoms with E-state index in [0.29, 0.717) is 17.4 Å². The van der Waals surface area contributed by atoms with Crippen LogP contribution < -0.4 is 11.1 Å². The van der Waals surface area contributed by atoms with Crippen molar-refractivity contribution in [3.63, 3.8) is 0 Å². The minimum absolute atomic E-state index is 0.0475. The number of likely N-dealkylation sites (N-methyl/N-ethyl adjacent to an activating group) is 1. The van der Waals surface area contributed by atoms with Crippen LogP contribution in [0.1, 0.15) is 39.3 Å². The first-order chi connectivity index (χ1) is 8.42. The fourth-order valence-electron chi connectivity index (χ4n) is 2.09. The summed E-state index contributed by atoms with van der Waals surface area (Å²) in [6, 6.07) is 1.80. The summed E-state index contributed by atoms with van der Waals surface area (Å²) in [5.41, 5.74) is 6.44. The Morgan fingerprint density at radius 2 is 2.17 bits per heavy atom. The lowest BCUT2D eigenvalue weighted by Crippen LogP contribution is -2.42. The van der Waals surface area contributed by atoms with Crippen LogP contribution in [0.2, 0.25) is 5.02 Å². The number of rotatable bonds is 6. The van der Waals surface area contributed by atoms with Gasteiger partial charge in [-0.25, -0.2) is 4.98 Å². The maximum absolute atomic E-state index is 6.00. The molecule has 0 aromatic carbocycles. The first kappa shape index (κ1) is 15.2. The van der Waals surface area contributed by atoms with Gasteiger partial charge < -0.3 is 15.8 Å². The number of nitrogens with two attached hydrogens (primary N) is 1. The maximum Gasteiger partial charge on any atom is 0.128 e. The smallest absolute Gasteiger partial charge is 0.128 e. The van der Waals surface area contributed by atoms with Crippen molar-refractivity contribution < 1.29 is 4.74 Å². The Hall–Kier alpha value is -0.840. The molecule has 5 heteroatoms. The molecule has 1 atom stereocenters. The molecular weight excluding hydrogens is 250 g/mol. The van der Waals surface area contributed by atoms with Gasteiger partial charge in [0.05, 0.1) is 16.7 Å². The Morgan fingerprint density at radius 1 is 1.50 bits per heavy atom. The SMILES string of the molecule is CCNC(c1cc(Cl)cnc1N)C(C)(C)OCC. The van der Waals surface area contributed by atoms with Crippen LogP contribution in [-0.2, 0) is 4.74 Å². The van der Waals surface area contributed by atoms with Gasteiger partial charge in [-0.05, 0) is 33.4 Å². The largest absolute Gasteiger partial charge is 0.383 e. The topological polar surface area (TPSA) is 60.2 Å². The highest BCUT2D eigenvalue weighted by atomic mass is 35.5. The van der Waals surface area contributed by atoms with Gasteiger partial charge in [0.25, 0.3) is 0 Å². The quantitative estimate of drug-likeness (QED) is 0.835. The minimum Gasteiger partial charge on any atom is -0.383 e. The molecule has 0 saturated heterocycles. The van der Waals surface area contributed by atoms with E-state index in [2.05, 4.69) is 10.3 Å². The Balaban J connectivity index is 3.14. The number of nitrogens with one attached hydrogen (secondary N) is 1. The van der Waals surface area contributed by atoms with Gasteiger partial charge in [0, 0.05) is 18.4 Å². The molecule has 0 spiro atoms. The average molecular weight is 272 g/mol. The van der Waals surface area contributed by atoms with Crippen molar-refractivity contribution in [3.8, 4) is 0 Å². The lowest BCUT2D eigenvalue weighted by atomic mass is 9.91. The molecule has 3 N–H and O–H groups in total. The Bertz CT molecular complexity index is 396. The van der Waals surface area contributed by atoms with Gasteiger partial charge in [-0.1, -0.05) is 18.5 Å². The molecule has 1 aromatic rings. The number of hydrogen-bond acceptors (Lipinski definition) is 4. The molecule has 102 valence electrons. The predicted octanol–water partition coefficient (Wildman–Crippen LogP) is 2.78. The van der Waals surface area contributed by atoms with Crippen LogP contribution in [0.15, 0.2) is 12.3 Å². The van der Waals surface area contributed by atoms with Crippen LogP contribution in [-0.4, -0.2) is 23.7 Å². The van der Waals surface area contributed by atoms with Crippen LogP contribution in [0.3, 0.4) is 0 Å². The summed E-state index contributed by atoms with van der Waals surface area (Å²) >= 11 is 6.00. The zero-order valence-corrected chi connectivity index (χ0v) is 12.2. The van der Waals surface area contributed by atoms with E-state index in [9.17, 15) is 0 Å². The summed E-state index contributed by atoms with van der Waals surface area (Å²) in [6.07, 6.45) is 1.55. The Kier molecular flexibility index (Phi) is 5.38. The molecule has 4 nitrogen and oxygen atoms in total. The lowest BCUT2D eigenvalue weighted by molar-refractivity contribution is -0.0387. The predicted molar refractivity (Wildman–Crippen MR) is 75.8 cm³/mol. The van der Waals surface area contributed by atoms with Crippen LogP contribution in [0.25, 0.3) is 0 Å². The van der Waals surface area contributed by atoms with E-state index in [4.69, 9.17) is 22.1 Å². The second-order valence-electron chi connectivity index (χ2n) is 4.66. The van der Waals surface area contributed by atoms with Crippen molar-refractivity contribution in [2.75, 3.05) is 18.9 Å². The normalized spacial score (nSPS) is 13.6. The number of anilines is 1. The first-order valence-corrected chi connectivity index (χ1v) is 6.58. The summed E-state index contributed by atoms with van der Waals surface area (Å²) in [5, 5.41) is 3.97. The number of hydrogen-bond donors (Lipinski definition) is 2. The molecule has 0 aliphatic rings. The van der Waals surface area contributed by atoms with Crippen LogP contribution >= 0.6 is 11.6 Å². The standard InChI is InChI=1S/C13H22ClN3O/c1-5-16-11(13(3,4)18-6-2)10-7-9(14)8-17-12(10)15/h7-8,11,16H,5-6H2,1-4H3,(H2,15,17). The van der Waals surface area contributed by atoms with Gasteiger partial charge in [0.2, 0.25) is 0 Å². The number of aromatic nitrogens is 1. The highest BCUT2D eigenvalue weighted by Crippen LogP contribution is 2.32. The molecular formula is C13H22ClN3O. The third-order valence-corrected chi connectivity index (χ3v) is 3.05. The van der Waals surface area contributed by atoms with E-state index < -0.39 is 0 Å². The van der Waals surface area contributed by atoms with Crippen molar-refractivity contribution in [2.24, 2.45) is 0 Å². The molecule has 0 aliphatic heterocycles. The third kappa shape index (κ3) is 3.57. The third-order valence-electron chi connectivity index (χ3n) is 2.85. The Labute approximate surface area is 114 Å². The molecule has 1 unspecified atom stereocenters. The highest BCUT2D eigenvalue weighted by molar-refractivity contribution is 6.30. The number of halogens is 1. The van der Waals surface area contributed by atoms with Gasteiger partial charge in [0.15, 0.2) is 0 Å². The number of nitrogens with zero attached hydrogens (tertiary/aromatic N) is 1. The summed E-state index contributed by atoms with van der Waals surface area (Å²) in [5.74, 6) is 0.484. The van der Waals surface area contributed by atoms with E-state index in [1.807, 2.05) is 33.8 Å². The number of ether oxygens (including phenoxy) is 1. The second kappa shape index (κ2) is 6.36. The van der Waals surface area contributed by atoms with Crippen LogP contribution in [0.5, 0.6) is 0 Å². The van der Waals surface area contributed by atoms with E-state index in [0.717, 1.165) is 12.1 Å². The lowest BCUT2D eigenvalue weighted by Gasteiger charge is -2.35. The van der Waals surface area contributed by atoms with Gasteiger partial charge in [-0.2, -0.15) is 0 Å². The fraction of sp³-hybridized carbons (Fsp3) is 0.615. The van der Waals surface area contributed by atoms with Crippen molar-refractivity contribution in [3.05, 3.63) is 22.8 Å². The van der Waals surface area contributed by atoms with Crippen molar-refractivity contribution >= 4 is 17.4 Å². The van der Waals surface area contributed by atoms with Gasteiger partial charge in [0.1, 0.15) is 5.82 Å². The molecule has 0 fully saturated rings. The molecule has 1 aromatic heterocycles. The minimum atomic E-state index is -0.384. The molecule has 0 bridgehead atoms. The van der Waals surface area contributed by atoms with E-state index in [1.165, 1.54) is 0 Å². The summed E-state index contributed by atoms with van der Waals surface area (Å²) in [4.78, 5) is 4.11. The number of pyridine rings is 1. The molecule has 1 rings (SSSR count). The first-order valence-electron chi connectivity index (χ1n) is 6.20. The Morgan fingerprint density at radius 3 is 2.72 bits per heavy atom. The van der Waals surface area contributed by atoms with Crippen molar-refractivity contribution in [1.82, 2.24) is 10.3 Å². The van der Waals surface area contributed by atoms with Gasteiger partial charge in [-0.3, -0.25) is 0 Å². The van der Waals surface area contributed by atoms with E-state index >= 15 is 0 Å². The van der Waals surface area contributed by atoms with Crippen molar-refractivity contribution in [2.45, 2.75) is 39.3 Å². The van der Waals surface area contributed by atoms with E-state index in [1.54, 1.807) is 6.20 Å². The fourth-order valence-corrected chi connectivity index (χ4v) is 2.25. The monoisotopic (exact) mass is 271 g/mol. The van der Waals surface area contributed by atoms with Crippen molar-refractivity contribution in [1.29, 1.82) is 0 Å². The maximum atomic E-state index is 6.00. The summed E-state index contributed by atoms with van der Waals surface area (Å²) < 4.78 is 5.80. The summed E-state index contributed by atoms with van der Waals surface area (Å²) in [6.45, 7) is 9.54. The second-order valence-corrected chi connectivity index (χ2v) is 5.09. The molecule has 0 amide bonds. The average Bonchev–Trinajstić information content (AvgIpc) is 2.29. The zero-order chi connectivity index (χ0) is 13.8. The van der Waals surface area contributed by atoms with Gasteiger partial charge in [-0.15, -0.1) is 0 Å². The zero-order valence-electron chi connectivity index (χ0n) is 11.5.